The summed E-state index contributed by atoms with van der Waals surface area (Å²) < 4.78 is 0. The first-order valence-electron chi connectivity index (χ1n) is 7.51. The van der Waals surface area contributed by atoms with Crippen LogP contribution in [-0.4, -0.2) is 11.5 Å². The summed E-state index contributed by atoms with van der Waals surface area (Å²) in [7, 11) is 0. The molecule has 1 saturated carbocycles. The van der Waals surface area contributed by atoms with Gasteiger partial charge in [-0.05, 0) is 36.6 Å². The van der Waals surface area contributed by atoms with E-state index < -0.39 is 0 Å². The molecule has 1 N–H and O–H groups in total. The van der Waals surface area contributed by atoms with E-state index in [-0.39, 0.29) is 0 Å². The van der Waals surface area contributed by atoms with E-state index in [0.29, 0.717) is 5.41 Å². The molecule has 1 heterocycles. The Labute approximate surface area is 124 Å². The maximum Gasteiger partial charge on any atom is 0.126 e. The molecule has 2 nitrogen and oxygen atoms in total. The lowest BCUT2D eigenvalue weighted by molar-refractivity contribution is 0.730. The van der Waals surface area contributed by atoms with E-state index in [2.05, 4.69) is 64.9 Å². The van der Waals surface area contributed by atoms with Crippen molar-refractivity contribution in [2.24, 2.45) is 0 Å². The van der Waals surface area contributed by atoms with E-state index in [0.717, 1.165) is 17.9 Å². The van der Waals surface area contributed by atoms with Gasteiger partial charge in [0, 0.05) is 17.3 Å². The molecule has 0 radical (unpaired) electrons. The molecule has 2 aromatic carbocycles. The second-order valence-corrected chi connectivity index (χ2v) is 5.89. The lowest BCUT2D eigenvalue weighted by atomic mass is 9.96. The van der Waals surface area contributed by atoms with Crippen LogP contribution in [0, 0.1) is 0 Å². The molecule has 0 aliphatic heterocycles. The zero-order chi connectivity index (χ0) is 14.1. The first-order valence-corrected chi connectivity index (χ1v) is 7.51. The largest absolute Gasteiger partial charge is 0.369 e. The molecule has 0 saturated heterocycles. The van der Waals surface area contributed by atoms with Crippen LogP contribution in [0.25, 0.3) is 10.9 Å². The predicted octanol–water partition coefficient (Wildman–Crippen LogP) is 4.38. The number of nitrogens with one attached hydrogen (secondary N) is 1. The maximum atomic E-state index is 4.69. The number of rotatable bonds is 4. The summed E-state index contributed by atoms with van der Waals surface area (Å²) in [6.07, 6.45) is 2.52. The first kappa shape index (κ1) is 12.4. The lowest BCUT2D eigenvalue weighted by Crippen LogP contribution is -2.19. The van der Waals surface area contributed by atoms with Crippen molar-refractivity contribution in [2.75, 3.05) is 11.9 Å². The average Bonchev–Trinajstić information content (AvgIpc) is 3.35. The van der Waals surface area contributed by atoms with Crippen molar-refractivity contribution in [3.63, 3.8) is 0 Å². The minimum absolute atomic E-state index is 0.314. The number of fused-ring (bicyclic) bond motifs is 1. The zero-order valence-electron chi connectivity index (χ0n) is 11.9. The number of benzene rings is 2. The highest BCUT2D eigenvalue weighted by Gasteiger charge is 2.43. The van der Waals surface area contributed by atoms with Gasteiger partial charge in [0.15, 0.2) is 0 Å². The van der Waals surface area contributed by atoms with Crippen molar-refractivity contribution >= 4 is 16.7 Å². The quantitative estimate of drug-likeness (QED) is 0.763. The normalized spacial score (nSPS) is 15.8. The van der Waals surface area contributed by atoms with Crippen LogP contribution in [0.15, 0.2) is 66.7 Å². The third-order valence-electron chi connectivity index (χ3n) is 4.45. The monoisotopic (exact) mass is 274 g/mol. The third-order valence-corrected chi connectivity index (χ3v) is 4.45. The number of nitrogens with zero attached hydrogens (tertiary/aromatic N) is 1. The number of hydrogen-bond donors (Lipinski definition) is 1. The van der Waals surface area contributed by atoms with Crippen LogP contribution in [-0.2, 0) is 5.41 Å². The van der Waals surface area contributed by atoms with E-state index in [1.54, 1.807) is 0 Å². The predicted molar refractivity (Wildman–Crippen MR) is 87.6 cm³/mol. The third kappa shape index (κ3) is 2.38. The van der Waals surface area contributed by atoms with Gasteiger partial charge in [-0.1, -0.05) is 48.5 Å². The fraction of sp³-hybridized carbons (Fsp3) is 0.211. The van der Waals surface area contributed by atoms with Crippen LogP contribution >= 0.6 is 0 Å². The Morgan fingerprint density at radius 2 is 1.62 bits per heavy atom. The van der Waals surface area contributed by atoms with E-state index >= 15 is 0 Å². The number of pyridine rings is 1. The van der Waals surface area contributed by atoms with Crippen LogP contribution in [0.2, 0.25) is 0 Å². The molecule has 0 atom stereocenters. The van der Waals surface area contributed by atoms with Gasteiger partial charge in [-0.25, -0.2) is 4.98 Å². The van der Waals surface area contributed by atoms with Crippen molar-refractivity contribution in [1.29, 1.82) is 0 Å². The van der Waals surface area contributed by atoms with Crippen LogP contribution in [0.1, 0.15) is 18.4 Å². The fourth-order valence-electron chi connectivity index (χ4n) is 2.93. The van der Waals surface area contributed by atoms with Crippen LogP contribution < -0.4 is 5.32 Å². The van der Waals surface area contributed by atoms with E-state index in [1.807, 2.05) is 12.1 Å². The summed E-state index contributed by atoms with van der Waals surface area (Å²) >= 11 is 0. The summed E-state index contributed by atoms with van der Waals surface area (Å²) in [6.45, 7) is 0.961. The Morgan fingerprint density at radius 1 is 0.857 bits per heavy atom. The van der Waals surface area contributed by atoms with Gasteiger partial charge >= 0.3 is 0 Å². The zero-order valence-corrected chi connectivity index (χ0v) is 11.9. The topological polar surface area (TPSA) is 24.9 Å². The minimum Gasteiger partial charge on any atom is -0.369 e. The van der Waals surface area contributed by atoms with Crippen molar-refractivity contribution in [3.8, 4) is 0 Å². The maximum absolute atomic E-state index is 4.69. The molecule has 104 valence electrons. The van der Waals surface area contributed by atoms with Crippen molar-refractivity contribution in [1.82, 2.24) is 4.98 Å². The average molecular weight is 274 g/mol. The Balaban J connectivity index is 1.53. The highest BCUT2D eigenvalue weighted by atomic mass is 15.0. The molecule has 21 heavy (non-hydrogen) atoms. The molecule has 1 fully saturated rings. The number of aromatic nitrogens is 1. The Kier molecular flexibility index (Phi) is 2.88. The molecular weight excluding hydrogens is 256 g/mol. The fourth-order valence-corrected chi connectivity index (χ4v) is 2.93. The number of hydrogen-bond acceptors (Lipinski definition) is 2. The molecule has 0 bridgehead atoms. The van der Waals surface area contributed by atoms with Crippen LogP contribution in [0.3, 0.4) is 0 Å². The summed E-state index contributed by atoms with van der Waals surface area (Å²) in [4.78, 5) is 4.69. The molecule has 4 rings (SSSR count). The van der Waals surface area contributed by atoms with Crippen molar-refractivity contribution < 1.29 is 0 Å². The van der Waals surface area contributed by atoms with Gasteiger partial charge in [0.2, 0.25) is 0 Å². The molecule has 0 unspecified atom stereocenters. The molecule has 1 aliphatic carbocycles. The minimum atomic E-state index is 0.314. The van der Waals surface area contributed by atoms with Gasteiger partial charge < -0.3 is 5.32 Å². The SMILES string of the molecule is c1ccc(C2(CNc3ccc4ccccc4n3)CC2)cc1. The van der Waals surface area contributed by atoms with Gasteiger partial charge in [0.1, 0.15) is 5.82 Å². The lowest BCUT2D eigenvalue weighted by Gasteiger charge is -2.17. The van der Waals surface area contributed by atoms with Crippen LogP contribution in [0.4, 0.5) is 5.82 Å². The molecule has 3 aromatic rings. The Bertz CT molecular complexity index is 761. The van der Waals surface area contributed by atoms with Crippen molar-refractivity contribution in [2.45, 2.75) is 18.3 Å². The smallest absolute Gasteiger partial charge is 0.126 e. The Hall–Kier alpha value is -2.35. The molecule has 2 heteroatoms. The van der Waals surface area contributed by atoms with Gasteiger partial charge in [-0.15, -0.1) is 0 Å². The van der Waals surface area contributed by atoms with Crippen molar-refractivity contribution in [3.05, 3.63) is 72.3 Å². The number of anilines is 1. The van der Waals surface area contributed by atoms with Gasteiger partial charge in [-0.3, -0.25) is 0 Å². The second-order valence-electron chi connectivity index (χ2n) is 5.89. The summed E-state index contributed by atoms with van der Waals surface area (Å²) in [6, 6.07) is 23.3. The molecular formula is C19H18N2. The summed E-state index contributed by atoms with van der Waals surface area (Å²) in [5.41, 5.74) is 2.81. The second kappa shape index (κ2) is 4.88. The summed E-state index contributed by atoms with van der Waals surface area (Å²) in [5, 5.41) is 4.71. The number of para-hydroxylation sites is 1. The highest BCUT2D eigenvalue weighted by molar-refractivity contribution is 5.80. The van der Waals surface area contributed by atoms with Gasteiger partial charge in [0.25, 0.3) is 0 Å². The van der Waals surface area contributed by atoms with E-state index in [9.17, 15) is 0 Å². The van der Waals surface area contributed by atoms with E-state index in [4.69, 9.17) is 0 Å². The Morgan fingerprint density at radius 3 is 2.43 bits per heavy atom. The van der Waals surface area contributed by atoms with Crippen LogP contribution in [0.5, 0.6) is 0 Å². The molecule has 0 amide bonds. The first-order chi connectivity index (χ1) is 10.4. The van der Waals surface area contributed by atoms with E-state index in [1.165, 1.54) is 23.8 Å². The molecule has 1 aliphatic rings. The standard InChI is InChI=1S/C19H18N2/c1-2-7-16(8-3-1)19(12-13-19)14-20-18-11-10-15-6-4-5-9-17(15)21-18/h1-11H,12-14H2,(H,20,21). The molecule has 0 spiro atoms. The summed E-state index contributed by atoms with van der Waals surface area (Å²) in [5.74, 6) is 0.968. The van der Waals surface area contributed by atoms with Gasteiger partial charge in [-0.2, -0.15) is 0 Å². The van der Waals surface area contributed by atoms with Gasteiger partial charge in [0.05, 0.1) is 5.52 Å². The molecule has 1 aromatic heterocycles. The highest BCUT2D eigenvalue weighted by Crippen LogP contribution is 2.48.